The van der Waals surface area contributed by atoms with Crippen LogP contribution in [0, 0.1) is 5.92 Å². The summed E-state index contributed by atoms with van der Waals surface area (Å²) in [6.07, 6.45) is 4.50. The summed E-state index contributed by atoms with van der Waals surface area (Å²) in [5, 5.41) is 10.1. The smallest absolute Gasteiger partial charge is 0.259 e. The minimum Gasteiger partial charge on any atom is -0.477 e. The molecule has 1 aliphatic heterocycles. The summed E-state index contributed by atoms with van der Waals surface area (Å²) in [4.78, 5) is 21.3. The van der Waals surface area contributed by atoms with Crippen molar-refractivity contribution in [1.82, 2.24) is 14.8 Å². The average Bonchev–Trinajstić information content (AvgIpc) is 3.06. The van der Waals surface area contributed by atoms with E-state index in [0.717, 1.165) is 32.4 Å². The summed E-state index contributed by atoms with van der Waals surface area (Å²) in [6.45, 7) is 7.68. The fourth-order valence-corrected chi connectivity index (χ4v) is 3.69. The Hall–Kier alpha value is -1.66. The van der Waals surface area contributed by atoms with Crippen LogP contribution in [0.25, 0.3) is 0 Å². The Balaban J connectivity index is 1.61. The Bertz CT molecular complexity index is 585. The van der Waals surface area contributed by atoms with Crippen molar-refractivity contribution in [2.75, 3.05) is 32.8 Å². The number of nitrogens with zero attached hydrogens (tertiary/aromatic N) is 3. The number of hydrogen-bond acceptors (Lipinski definition) is 5. The van der Waals surface area contributed by atoms with Crippen LogP contribution in [-0.4, -0.2) is 70.7 Å². The summed E-state index contributed by atoms with van der Waals surface area (Å²) in [5.41, 5.74) is 0.539. The molecule has 2 atom stereocenters. The number of piperazine rings is 1. The first-order chi connectivity index (χ1) is 12.1. The molecule has 0 spiro atoms. The van der Waals surface area contributed by atoms with Gasteiger partial charge < -0.3 is 14.7 Å². The third kappa shape index (κ3) is 4.30. The second-order valence-electron chi connectivity index (χ2n) is 7.45. The van der Waals surface area contributed by atoms with Gasteiger partial charge in [-0.15, -0.1) is 0 Å². The molecule has 1 aromatic heterocycles. The van der Waals surface area contributed by atoms with E-state index >= 15 is 0 Å². The number of pyridine rings is 1. The van der Waals surface area contributed by atoms with Crippen LogP contribution in [0.4, 0.5) is 0 Å². The van der Waals surface area contributed by atoms with Crippen molar-refractivity contribution in [3.63, 3.8) is 0 Å². The quantitative estimate of drug-likeness (QED) is 0.880. The average molecular weight is 347 g/mol. The third-order valence-electron chi connectivity index (χ3n) is 5.07. The lowest BCUT2D eigenvalue weighted by Crippen LogP contribution is -2.53. The molecule has 1 aliphatic carbocycles. The molecule has 1 amide bonds. The largest absolute Gasteiger partial charge is 0.477 e. The number of aliphatic hydroxyl groups excluding tert-OH is 1. The van der Waals surface area contributed by atoms with Crippen LogP contribution < -0.4 is 4.74 Å². The normalized spacial score (nSPS) is 24.7. The summed E-state index contributed by atoms with van der Waals surface area (Å²) in [7, 11) is 0. The van der Waals surface area contributed by atoms with E-state index in [2.05, 4.69) is 23.7 Å². The maximum absolute atomic E-state index is 12.9. The van der Waals surface area contributed by atoms with E-state index in [4.69, 9.17) is 4.74 Å². The Morgan fingerprint density at radius 3 is 2.72 bits per heavy atom. The predicted octanol–water partition coefficient (Wildman–Crippen LogP) is 1.79. The number of amides is 1. The Kier molecular flexibility index (Phi) is 5.91. The molecule has 0 bridgehead atoms. The first-order valence-electron chi connectivity index (χ1n) is 9.35. The maximum atomic E-state index is 12.9. The van der Waals surface area contributed by atoms with Crippen molar-refractivity contribution in [2.45, 2.75) is 45.3 Å². The molecular formula is C19H29N3O3. The van der Waals surface area contributed by atoms with E-state index in [1.807, 2.05) is 4.90 Å². The fraction of sp³-hybridized carbons (Fsp3) is 0.684. The van der Waals surface area contributed by atoms with Crippen LogP contribution in [0.1, 0.15) is 43.5 Å². The highest BCUT2D eigenvalue weighted by Gasteiger charge is 2.33. The number of ether oxygens (including phenoxy) is 1. The van der Waals surface area contributed by atoms with E-state index in [0.29, 0.717) is 37.1 Å². The molecule has 2 fully saturated rings. The zero-order valence-electron chi connectivity index (χ0n) is 15.2. The molecule has 2 aliphatic rings. The lowest BCUT2D eigenvalue weighted by atomic mass is 10.1. The van der Waals surface area contributed by atoms with Crippen molar-refractivity contribution in [2.24, 2.45) is 5.92 Å². The van der Waals surface area contributed by atoms with Gasteiger partial charge in [0, 0.05) is 38.4 Å². The molecule has 0 aromatic carbocycles. The van der Waals surface area contributed by atoms with E-state index in [9.17, 15) is 9.90 Å². The number of carbonyl (C=O) groups excluding carboxylic acids is 1. The molecule has 1 saturated heterocycles. The van der Waals surface area contributed by atoms with Crippen molar-refractivity contribution in [3.05, 3.63) is 23.9 Å². The van der Waals surface area contributed by atoms with E-state index < -0.39 is 0 Å². The number of aromatic nitrogens is 1. The second-order valence-corrected chi connectivity index (χ2v) is 7.45. The van der Waals surface area contributed by atoms with Gasteiger partial charge in [-0.3, -0.25) is 9.69 Å². The van der Waals surface area contributed by atoms with Crippen LogP contribution in [0.15, 0.2) is 18.3 Å². The lowest BCUT2D eigenvalue weighted by molar-refractivity contribution is 0.0313. The predicted molar refractivity (Wildman–Crippen MR) is 95.7 cm³/mol. The molecule has 1 saturated carbocycles. The van der Waals surface area contributed by atoms with Gasteiger partial charge in [-0.2, -0.15) is 0 Å². The van der Waals surface area contributed by atoms with Crippen LogP contribution >= 0.6 is 0 Å². The number of aliphatic hydroxyl groups is 1. The summed E-state index contributed by atoms with van der Waals surface area (Å²) < 4.78 is 5.72. The minimum absolute atomic E-state index is 0.0153. The zero-order valence-corrected chi connectivity index (χ0v) is 15.2. The molecule has 6 nitrogen and oxygen atoms in total. The van der Waals surface area contributed by atoms with Crippen LogP contribution in [0.3, 0.4) is 0 Å². The molecule has 0 radical (unpaired) electrons. The molecule has 1 N–H and O–H groups in total. The summed E-state index contributed by atoms with van der Waals surface area (Å²) in [5.74, 6) is 0.791. The lowest BCUT2D eigenvalue weighted by Gasteiger charge is -2.39. The first kappa shape index (κ1) is 18.1. The maximum Gasteiger partial charge on any atom is 0.259 e. The molecular weight excluding hydrogens is 318 g/mol. The van der Waals surface area contributed by atoms with Crippen LogP contribution in [0.2, 0.25) is 0 Å². The Morgan fingerprint density at radius 2 is 2.08 bits per heavy atom. The van der Waals surface area contributed by atoms with Crippen LogP contribution in [0.5, 0.6) is 5.88 Å². The van der Waals surface area contributed by atoms with Gasteiger partial charge in [-0.05, 0) is 37.3 Å². The zero-order chi connectivity index (χ0) is 17.8. The second kappa shape index (κ2) is 8.15. The molecule has 2 heterocycles. The third-order valence-corrected chi connectivity index (χ3v) is 5.07. The van der Waals surface area contributed by atoms with E-state index in [-0.39, 0.29) is 18.1 Å². The monoisotopic (exact) mass is 347 g/mol. The molecule has 3 rings (SSSR count). The highest BCUT2D eigenvalue weighted by atomic mass is 16.5. The van der Waals surface area contributed by atoms with Crippen molar-refractivity contribution >= 4 is 5.91 Å². The number of carbonyl (C=O) groups is 1. The van der Waals surface area contributed by atoms with Gasteiger partial charge in [-0.1, -0.05) is 13.8 Å². The number of rotatable bonds is 5. The van der Waals surface area contributed by atoms with Crippen molar-refractivity contribution in [3.8, 4) is 5.88 Å². The molecule has 2 unspecified atom stereocenters. The van der Waals surface area contributed by atoms with E-state index in [1.165, 1.54) is 0 Å². The Morgan fingerprint density at radius 1 is 1.32 bits per heavy atom. The summed E-state index contributed by atoms with van der Waals surface area (Å²) >= 11 is 0. The van der Waals surface area contributed by atoms with Crippen molar-refractivity contribution in [1.29, 1.82) is 0 Å². The summed E-state index contributed by atoms with van der Waals surface area (Å²) in [6, 6.07) is 3.83. The minimum atomic E-state index is -0.211. The highest BCUT2D eigenvalue weighted by Crippen LogP contribution is 2.26. The van der Waals surface area contributed by atoms with Gasteiger partial charge in [-0.25, -0.2) is 4.98 Å². The van der Waals surface area contributed by atoms with Gasteiger partial charge in [0.05, 0.1) is 12.7 Å². The molecule has 1 aromatic rings. The van der Waals surface area contributed by atoms with Crippen LogP contribution in [-0.2, 0) is 0 Å². The molecule has 138 valence electrons. The highest BCUT2D eigenvalue weighted by molar-refractivity contribution is 5.96. The Labute approximate surface area is 149 Å². The first-order valence-corrected chi connectivity index (χ1v) is 9.35. The van der Waals surface area contributed by atoms with Gasteiger partial charge in [0.1, 0.15) is 5.56 Å². The van der Waals surface area contributed by atoms with E-state index in [1.54, 1.807) is 18.3 Å². The SMILES string of the molecule is CC(C)COc1ncccc1C(=O)N1CCN(C2CCCC2O)CC1. The number of hydrogen-bond donors (Lipinski definition) is 1. The van der Waals surface area contributed by atoms with Gasteiger partial charge in [0.2, 0.25) is 5.88 Å². The fourth-order valence-electron chi connectivity index (χ4n) is 3.69. The molecule has 25 heavy (non-hydrogen) atoms. The van der Waals surface area contributed by atoms with Gasteiger partial charge in [0.15, 0.2) is 0 Å². The van der Waals surface area contributed by atoms with Crippen molar-refractivity contribution < 1.29 is 14.6 Å². The molecule has 6 heteroatoms. The standard InChI is InChI=1S/C19H29N3O3/c1-14(2)13-25-18-15(5-4-8-20-18)19(24)22-11-9-21(10-12-22)16-6-3-7-17(16)23/h4-5,8,14,16-17,23H,3,6-7,9-13H2,1-2H3. The van der Waals surface area contributed by atoms with Gasteiger partial charge in [0.25, 0.3) is 5.91 Å². The van der Waals surface area contributed by atoms with Gasteiger partial charge >= 0.3 is 0 Å². The topological polar surface area (TPSA) is 65.9 Å².